The quantitative estimate of drug-likeness (QED) is 0.841. The van der Waals surface area contributed by atoms with Crippen LogP contribution in [0.5, 0.6) is 0 Å². The van der Waals surface area contributed by atoms with Crippen molar-refractivity contribution in [3.05, 3.63) is 35.4 Å². The lowest BCUT2D eigenvalue weighted by Crippen LogP contribution is -2.49. The number of hydrogen-bond acceptors (Lipinski definition) is 2. The van der Waals surface area contributed by atoms with E-state index in [0.717, 1.165) is 11.1 Å². The number of rotatable bonds is 2. The van der Waals surface area contributed by atoms with Crippen LogP contribution < -0.4 is 10.6 Å². The van der Waals surface area contributed by atoms with Crippen molar-refractivity contribution in [2.24, 2.45) is 0 Å². The molecule has 0 saturated carbocycles. The number of fused-ring (bicyclic) bond motifs is 1. The van der Waals surface area contributed by atoms with E-state index in [1.54, 1.807) is 0 Å². The third kappa shape index (κ3) is 3.22. The van der Waals surface area contributed by atoms with Crippen molar-refractivity contribution in [2.45, 2.75) is 25.2 Å². The van der Waals surface area contributed by atoms with Gasteiger partial charge in [0.05, 0.1) is 6.04 Å². The van der Waals surface area contributed by atoms with Crippen molar-refractivity contribution in [3.63, 3.8) is 0 Å². The molecule has 0 spiro atoms. The Bertz CT molecular complexity index is 445. The van der Waals surface area contributed by atoms with Crippen molar-refractivity contribution in [2.75, 3.05) is 6.54 Å². The molecule has 6 heteroatoms. The van der Waals surface area contributed by atoms with Crippen LogP contribution in [0.2, 0.25) is 0 Å². The van der Waals surface area contributed by atoms with E-state index in [0.29, 0.717) is 13.0 Å². The van der Waals surface area contributed by atoms with Crippen molar-refractivity contribution in [1.29, 1.82) is 0 Å². The first kappa shape index (κ1) is 12.9. The number of carbonyl (C=O) groups is 1. The molecule has 1 aliphatic heterocycles. The second-order valence-corrected chi connectivity index (χ2v) is 4.24. The van der Waals surface area contributed by atoms with Gasteiger partial charge < -0.3 is 10.6 Å². The summed E-state index contributed by atoms with van der Waals surface area (Å²) in [5.41, 5.74) is 2.08. The standard InChI is InChI=1S/C12H13F3N2O/c13-12(14,15)7-17-11(18)10-5-8-3-1-2-4-9(8)6-16-10/h1-4,10,16H,5-7H2,(H,17,18). The van der Waals surface area contributed by atoms with E-state index >= 15 is 0 Å². The molecule has 1 atom stereocenters. The van der Waals surface area contributed by atoms with Gasteiger partial charge in [0.15, 0.2) is 0 Å². The normalized spacial score (nSPS) is 19.2. The van der Waals surface area contributed by atoms with Crippen LogP contribution in [-0.2, 0) is 17.8 Å². The van der Waals surface area contributed by atoms with Gasteiger partial charge in [-0.25, -0.2) is 0 Å². The van der Waals surface area contributed by atoms with E-state index in [1.165, 1.54) is 0 Å². The second kappa shape index (κ2) is 4.97. The van der Waals surface area contributed by atoms with Gasteiger partial charge in [-0.15, -0.1) is 0 Å². The van der Waals surface area contributed by atoms with Gasteiger partial charge in [0, 0.05) is 6.54 Å². The SMILES string of the molecule is O=C(NCC(F)(F)F)C1Cc2ccccc2CN1. The predicted octanol–water partition coefficient (Wildman–Crippen LogP) is 1.38. The van der Waals surface area contributed by atoms with Crippen LogP contribution in [0.3, 0.4) is 0 Å². The van der Waals surface area contributed by atoms with Crippen LogP contribution in [0.1, 0.15) is 11.1 Å². The van der Waals surface area contributed by atoms with Gasteiger partial charge >= 0.3 is 6.18 Å². The topological polar surface area (TPSA) is 41.1 Å². The lowest BCUT2D eigenvalue weighted by atomic mass is 9.95. The van der Waals surface area contributed by atoms with Crippen LogP contribution in [0.15, 0.2) is 24.3 Å². The van der Waals surface area contributed by atoms with Crippen LogP contribution in [0, 0.1) is 0 Å². The predicted molar refractivity (Wildman–Crippen MR) is 59.8 cm³/mol. The van der Waals surface area contributed by atoms with Crippen LogP contribution in [0.4, 0.5) is 13.2 Å². The molecule has 0 saturated heterocycles. The summed E-state index contributed by atoms with van der Waals surface area (Å²) >= 11 is 0. The average molecular weight is 258 g/mol. The summed E-state index contributed by atoms with van der Waals surface area (Å²) in [6.07, 6.45) is -3.96. The van der Waals surface area contributed by atoms with Crippen molar-refractivity contribution in [3.8, 4) is 0 Å². The Labute approximate surface area is 102 Å². The monoisotopic (exact) mass is 258 g/mol. The summed E-state index contributed by atoms with van der Waals surface area (Å²) in [5, 5.41) is 4.83. The lowest BCUT2D eigenvalue weighted by molar-refractivity contribution is -0.139. The fraction of sp³-hybridized carbons (Fsp3) is 0.417. The number of carbonyl (C=O) groups excluding carboxylic acids is 1. The summed E-state index contributed by atoms with van der Waals surface area (Å²) in [5.74, 6) is -0.609. The molecule has 2 N–H and O–H groups in total. The van der Waals surface area contributed by atoms with Crippen molar-refractivity contribution in [1.82, 2.24) is 10.6 Å². The molecule has 0 bridgehead atoms. The molecule has 1 heterocycles. The minimum Gasteiger partial charge on any atom is -0.346 e. The fourth-order valence-corrected chi connectivity index (χ4v) is 1.95. The molecular formula is C12H13F3N2O. The van der Waals surface area contributed by atoms with Gasteiger partial charge in [-0.3, -0.25) is 4.79 Å². The molecule has 2 rings (SSSR count). The Morgan fingerprint density at radius 3 is 2.67 bits per heavy atom. The van der Waals surface area contributed by atoms with Gasteiger partial charge in [-0.05, 0) is 17.5 Å². The number of amides is 1. The second-order valence-electron chi connectivity index (χ2n) is 4.24. The summed E-state index contributed by atoms with van der Waals surface area (Å²) < 4.78 is 36.0. The van der Waals surface area contributed by atoms with Crippen LogP contribution in [0.25, 0.3) is 0 Å². The molecule has 98 valence electrons. The molecule has 1 unspecified atom stereocenters. The highest BCUT2D eigenvalue weighted by molar-refractivity contribution is 5.82. The van der Waals surface area contributed by atoms with Crippen LogP contribution in [-0.4, -0.2) is 24.7 Å². The summed E-state index contributed by atoms with van der Waals surface area (Å²) in [6.45, 7) is -0.786. The maximum Gasteiger partial charge on any atom is 0.405 e. The molecule has 1 aliphatic rings. The summed E-state index contributed by atoms with van der Waals surface area (Å²) in [4.78, 5) is 11.6. The van der Waals surface area contributed by atoms with Gasteiger partial charge in [0.25, 0.3) is 0 Å². The van der Waals surface area contributed by atoms with E-state index in [-0.39, 0.29) is 0 Å². The van der Waals surface area contributed by atoms with Gasteiger partial charge in [0.2, 0.25) is 5.91 Å². The molecule has 0 aromatic heterocycles. The zero-order chi connectivity index (χ0) is 13.2. The van der Waals surface area contributed by atoms with E-state index in [2.05, 4.69) is 5.32 Å². The Kier molecular flexibility index (Phi) is 3.56. The highest BCUT2D eigenvalue weighted by Crippen LogP contribution is 2.17. The number of hydrogen-bond donors (Lipinski definition) is 2. The third-order valence-corrected chi connectivity index (χ3v) is 2.86. The fourth-order valence-electron chi connectivity index (χ4n) is 1.95. The molecule has 1 aromatic carbocycles. The minimum atomic E-state index is -4.37. The zero-order valence-corrected chi connectivity index (χ0v) is 9.55. The Morgan fingerprint density at radius 1 is 1.33 bits per heavy atom. The molecule has 0 aliphatic carbocycles. The molecule has 18 heavy (non-hydrogen) atoms. The Hall–Kier alpha value is -1.56. The number of nitrogens with one attached hydrogen (secondary N) is 2. The first-order valence-electron chi connectivity index (χ1n) is 5.60. The maximum atomic E-state index is 12.0. The van der Waals surface area contributed by atoms with E-state index < -0.39 is 24.7 Å². The highest BCUT2D eigenvalue weighted by Gasteiger charge is 2.30. The number of benzene rings is 1. The van der Waals surface area contributed by atoms with E-state index in [1.807, 2.05) is 29.6 Å². The first-order chi connectivity index (χ1) is 8.46. The largest absolute Gasteiger partial charge is 0.405 e. The lowest BCUT2D eigenvalue weighted by Gasteiger charge is -2.25. The summed E-state index contributed by atoms with van der Waals surface area (Å²) in [7, 11) is 0. The average Bonchev–Trinajstić information content (AvgIpc) is 2.34. The zero-order valence-electron chi connectivity index (χ0n) is 9.55. The third-order valence-electron chi connectivity index (χ3n) is 2.86. The van der Waals surface area contributed by atoms with Gasteiger partial charge in [0.1, 0.15) is 6.54 Å². The van der Waals surface area contributed by atoms with Crippen molar-refractivity contribution >= 4 is 5.91 Å². The van der Waals surface area contributed by atoms with Crippen LogP contribution >= 0.6 is 0 Å². The first-order valence-corrected chi connectivity index (χ1v) is 5.60. The number of halogens is 3. The van der Waals surface area contributed by atoms with Gasteiger partial charge in [-0.1, -0.05) is 24.3 Å². The van der Waals surface area contributed by atoms with Crippen molar-refractivity contribution < 1.29 is 18.0 Å². The smallest absolute Gasteiger partial charge is 0.346 e. The van der Waals surface area contributed by atoms with E-state index in [4.69, 9.17) is 0 Å². The highest BCUT2D eigenvalue weighted by atomic mass is 19.4. The molecular weight excluding hydrogens is 245 g/mol. The Morgan fingerprint density at radius 2 is 2.00 bits per heavy atom. The molecule has 0 radical (unpaired) electrons. The maximum absolute atomic E-state index is 12.0. The molecule has 1 amide bonds. The van der Waals surface area contributed by atoms with Gasteiger partial charge in [-0.2, -0.15) is 13.2 Å². The van der Waals surface area contributed by atoms with E-state index in [9.17, 15) is 18.0 Å². The molecule has 1 aromatic rings. The minimum absolute atomic E-state index is 0.417. The molecule has 0 fully saturated rings. The Balaban J connectivity index is 1.95. The molecule has 3 nitrogen and oxygen atoms in total. The number of alkyl halides is 3. The summed E-state index contributed by atoms with van der Waals surface area (Å²) in [6, 6.07) is 6.98.